The first-order chi connectivity index (χ1) is 39.5. The molecule has 1 heterocycles. The summed E-state index contributed by atoms with van der Waals surface area (Å²) >= 11 is 1.50. The maximum Gasteiger partial charge on any atom is 0.326 e. The number of likely N-dealkylation sites (tertiary alicyclic amines) is 1. The van der Waals surface area contributed by atoms with Gasteiger partial charge in [-0.3, -0.25) is 58.1 Å². The number of nitrogens with one attached hydrogen (secondary N) is 7. The lowest BCUT2D eigenvalue weighted by Crippen LogP contribution is -2.60. The van der Waals surface area contributed by atoms with Gasteiger partial charge in [-0.25, -0.2) is 4.79 Å². The number of hydrogen-bond acceptors (Lipinski definition) is 15. The van der Waals surface area contributed by atoms with Crippen LogP contribution < -0.4 is 83.1 Å². The molecule has 0 aliphatic carbocycles. The highest BCUT2D eigenvalue weighted by Gasteiger charge is 2.40. The molecule has 2 aromatic rings. The predicted octanol–water partition coefficient (Wildman–Crippen LogP) is -5.31. The molecule has 9 amide bonds. The fourth-order valence-electron chi connectivity index (χ4n) is 8.61. The number of amides is 9. The summed E-state index contributed by atoms with van der Waals surface area (Å²) in [7, 11) is 0. The summed E-state index contributed by atoms with van der Waals surface area (Å²) in [4.78, 5) is 149. The normalized spacial score (nSPS) is 15.2. The Morgan fingerprint density at radius 1 is 0.578 bits per heavy atom. The van der Waals surface area contributed by atoms with Gasteiger partial charge in [-0.15, -0.1) is 0 Å². The van der Waals surface area contributed by atoms with Gasteiger partial charge in [0.15, 0.2) is 17.9 Å². The van der Waals surface area contributed by atoms with Gasteiger partial charge in [0.25, 0.3) is 0 Å². The van der Waals surface area contributed by atoms with Crippen LogP contribution in [0, 0.1) is 0 Å². The van der Waals surface area contributed by atoms with Crippen LogP contribution in [0.1, 0.15) is 75.3 Å². The predicted molar refractivity (Wildman–Crippen MR) is 312 cm³/mol. The van der Waals surface area contributed by atoms with E-state index >= 15 is 0 Å². The minimum absolute atomic E-state index is 0.000917. The van der Waals surface area contributed by atoms with E-state index in [0.717, 1.165) is 0 Å². The topological polar surface area (TPSA) is 524 Å². The van der Waals surface area contributed by atoms with Crippen LogP contribution in [0.15, 0.2) is 75.6 Å². The fraction of sp³-hybridized carbons (Fsp3) is 0.519. The quantitative estimate of drug-likeness (QED) is 0.0171. The highest BCUT2D eigenvalue weighted by atomic mass is 32.2. The SMILES string of the molecule is CSCC[C@H](N)C(=O)NCC(=O)N[C@@H](Cc1ccccc1)C(=O)N[C@@H](Cc1ccccc1)C(=O)N[C@@H](CCCN=C(N)N)C(=O)N[C@@H](CCCN=C(N)N)C(=O)N[C@@H](CCCN=C(N)N)C(=O)N1CCC[C@H]1C(=O)N[C@@H](CC(N)=O)C(=O)O. The molecule has 30 nitrogen and oxygen atoms in total. The zero-order chi connectivity index (χ0) is 61.4. The van der Waals surface area contributed by atoms with E-state index in [2.05, 4.69) is 52.2 Å². The summed E-state index contributed by atoms with van der Waals surface area (Å²) in [5.74, 6) is -8.98. The van der Waals surface area contributed by atoms with Crippen molar-refractivity contribution < 1.29 is 53.1 Å². The highest BCUT2D eigenvalue weighted by Crippen LogP contribution is 2.21. The number of nitrogens with zero attached hydrogens (tertiary/aromatic N) is 4. The van der Waals surface area contributed by atoms with Crippen LogP contribution >= 0.6 is 11.8 Å². The number of carbonyl (C=O) groups excluding carboxylic acids is 9. The maximum atomic E-state index is 14.7. The van der Waals surface area contributed by atoms with Gasteiger partial charge in [0.1, 0.15) is 42.3 Å². The molecule has 1 aliphatic rings. The van der Waals surface area contributed by atoms with E-state index in [9.17, 15) is 53.1 Å². The minimum atomic E-state index is -1.69. The van der Waals surface area contributed by atoms with Crippen LogP contribution in [0.5, 0.6) is 0 Å². The lowest BCUT2D eigenvalue weighted by atomic mass is 10.0. The van der Waals surface area contributed by atoms with E-state index in [4.69, 9.17) is 45.9 Å². The number of carbonyl (C=O) groups is 10. The van der Waals surface area contributed by atoms with E-state index < -0.39 is 120 Å². The van der Waals surface area contributed by atoms with Gasteiger partial charge >= 0.3 is 5.97 Å². The Morgan fingerprint density at radius 3 is 1.46 bits per heavy atom. The van der Waals surface area contributed by atoms with Crippen molar-refractivity contribution in [1.82, 2.24) is 42.1 Å². The second kappa shape index (κ2) is 36.6. The monoisotopic (exact) mass is 1180 g/mol. The molecule has 2 aromatic carbocycles. The Hall–Kier alpha value is -8.74. The zero-order valence-corrected chi connectivity index (χ0v) is 47.3. The third-order valence-electron chi connectivity index (χ3n) is 12.8. The number of primary amides is 1. The number of carboxylic acids is 1. The highest BCUT2D eigenvalue weighted by molar-refractivity contribution is 7.98. The molecular weight excluding hydrogens is 1100 g/mol. The van der Waals surface area contributed by atoms with Gasteiger partial charge in [-0.1, -0.05) is 60.7 Å². The van der Waals surface area contributed by atoms with Crippen molar-refractivity contribution in [1.29, 1.82) is 0 Å². The Morgan fingerprint density at radius 2 is 1.01 bits per heavy atom. The summed E-state index contributed by atoms with van der Waals surface area (Å²) in [5.41, 5.74) is 45.8. The van der Waals surface area contributed by atoms with E-state index in [-0.39, 0.29) is 102 Å². The molecule has 0 spiro atoms. The van der Waals surface area contributed by atoms with Gasteiger partial charge < -0.3 is 93.1 Å². The molecule has 0 unspecified atom stereocenters. The number of nitrogens with two attached hydrogens (primary N) is 8. The molecule has 0 radical (unpaired) electrons. The summed E-state index contributed by atoms with van der Waals surface area (Å²) in [6.07, 6.45) is 1.72. The summed E-state index contributed by atoms with van der Waals surface area (Å²) < 4.78 is 0. The van der Waals surface area contributed by atoms with Crippen molar-refractivity contribution in [3.63, 3.8) is 0 Å². The number of benzene rings is 2. The Kier molecular flexibility index (Phi) is 30.2. The molecule has 8 atom stereocenters. The molecular formula is C52H81N19O11S. The number of thioether (sulfide) groups is 1. The third-order valence-corrected chi connectivity index (χ3v) is 13.5. The average Bonchev–Trinajstić information content (AvgIpc) is 4.12. The standard InChI is InChI=1S/C52H81N19O11S/c1-83-25-20-32(53)42(74)64-29-41(73)65-36(26-30-12-4-2-5-13-30)45(77)69-37(27-31-14-6-3-7-15-31)46(78)67-33(16-8-21-61-50(55)56)43(75)66-34(17-9-22-62-51(57)58)44(76)68-35(18-10-23-63-52(59)60)48(80)71-24-11-19-39(71)47(79)70-38(49(81)82)28-40(54)72/h2-7,12-15,32-39H,8-11,16-29,53H2,1H3,(H2,54,72)(H,64,74)(H,65,73)(H,66,75)(H,67,78)(H,68,76)(H,69,77)(H,70,79)(H,81,82)(H4,55,56,61)(H4,57,58,62)(H4,59,60,63)/t32-,33-,34-,35-,36-,37-,38-,39-/m0/s1. The molecule has 1 saturated heterocycles. The van der Waals surface area contributed by atoms with Gasteiger partial charge in [-0.05, 0) is 80.9 Å². The van der Waals surface area contributed by atoms with Crippen molar-refractivity contribution in [3.05, 3.63) is 71.8 Å². The van der Waals surface area contributed by atoms with Crippen LogP contribution in [0.3, 0.4) is 0 Å². The number of hydrogen-bond donors (Lipinski definition) is 16. The molecule has 24 N–H and O–H groups in total. The van der Waals surface area contributed by atoms with Crippen LogP contribution in [0.4, 0.5) is 0 Å². The fourth-order valence-corrected chi connectivity index (χ4v) is 9.09. The van der Waals surface area contributed by atoms with Crippen LogP contribution in [-0.2, 0) is 60.8 Å². The molecule has 1 aliphatic heterocycles. The maximum absolute atomic E-state index is 14.7. The van der Waals surface area contributed by atoms with Crippen LogP contribution in [-0.4, -0.2) is 180 Å². The summed E-state index contributed by atoms with van der Waals surface area (Å²) in [6.45, 7) is -0.477. The molecule has 31 heteroatoms. The van der Waals surface area contributed by atoms with E-state index in [1.54, 1.807) is 60.7 Å². The van der Waals surface area contributed by atoms with Crippen molar-refractivity contribution in [2.45, 2.75) is 125 Å². The van der Waals surface area contributed by atoms with E-state index in [1.807, 2.05) is 6.26 Å². The van der Waals surface area contributed by atoms with Crippen LogP contribution in [0.2, 0.25) is 0 Å². The minimum Gasteiger partial charge on any atom is -0.480 e. The van der Waals surface area contributed by atoms with Crippen LogP contribution in [0.25, 0.3) is 0 Å². The van der Waals surface area contributed by atoms with Gasteiger partial charge in [-0.2, -0.15) is 11.8 Å². The molecule has 0 saturated carbocycles. The Labute approximate surface area is 485 Å². The van der Waals surface area contributed by atoms with Crippen molar-refractivity contribution in [2.24, 2.45) is 60.8 Å². The van der Waals surface area contributed by atoms with Gasteiger partial charge in [0.2, 0.25) is 53.2 Å². The van der Waals surface area contributed by atoms with E-state index in [0.29, 0.717) is 29.7 Å². The molecule has 83 heavy (non-hydrogen) atoms. The number of rotatable bonds is 37. The number of carboxylic acid groups (broad SMARTS) is 1. The zero-order valence-electron chi connectivity index (χ0n) is 46.5. The lowest BCUT2D eigenvalue weighted by molar-refractivity contribution is -0.146. The van der Waals surface area contributed by atoms with Crippen molar-refractivity contribution in [2.75, 3.05) is 44.7 Å². The first-order valence-corrected chi connectivity index (χ1v) is 28.3. The molecule has 1 fully saturated rings. The van der Waals surface area contributed by atoms with Crippen molar-refractivity contribution >= 4 is 88.8 Å². The van der Waals surface area contributed by atoms with Crippen molar-refractivity contribution in [3.8, 4) is 0 Å². The second-order valence-electron chi connectivity index (χ2n) is 19.5. The van der Waals surface area contributed by atoms with Gasteiger partial charge in [0.05, 0.1) is 19.0 Å². The third kappa shape index (κ3) is 26.2. The van der Waals surface area contributed by atoms with Gasteiger partial charge in [0, 0.05) is 39.0 Å². The first kappa shape index (κ1) is 68.5. The second-order valence-corrected chi connectivity index (χ2v) is 20.4. The number of aliphatic carboxylic acids is 1. The molecule has 456 valence electrons. The summed E-state index contributed by atoms with van der Waals surface area (Å²) in [5, 5.41) is 27.9. The lowest BCUT2D eigenvalue weighted by Gasteiger charge is -2.31. The summed E-state index contributed by atoms with van der Waals surface area (Å²) in [6, 6.07) is 6.59. The molecule has 0 aromatic heterocycles. The smallest absolute Gasteiger partial charge is 0.326 e. The molecule has 3 rings (SSSR count). The average molecular weight is 1180 g/mol. The Bertz CT molecular complexity index is 2590. The number of guanidine groups is 3. The molecule has 0 bridgehead atoms. The first-order valence-electron chi connectivity index (χ1n) is 26.9. The number of aliphatic imine (C=N–C) groups is 3. The largest absolute Gasteiger partial charge is 0.480 e. The van der Waals surface area contributed by atoms with E-state index in [1.165, 1.54) is 16.7 Å². The Balaban J connectivity index is 2.01.